The average Bonchev–Trinajstić information content (AvgIpc) is 3.43. The zero-order valence-electron chi connectivity index (χ0n) is 19.9. The minimum atomic E-state index is -1.15. The van der Waals surface area contributed by atoms with Gasteiger partial charge in [0, 0.05) is 38.1 Å². The molecule has 3 saturated heterocycles. The average molecular weight is 546 g/mol. The van der Waals surface area contributed by atoms with Crippen molar-refractivity contribution in [1.82, 2.24) is 14.7 Å². The summed E-state index contributed by atoms with van der Waals surface area (Å²) in [7, 11) is 1.67. The lowest BCUT2D eigenvalue weighted by Crippen LogP contribution is -2.57. The summed E-state index contributed by atoms with van der Waals surface area (Å²) in [5.41, 5.74) is -0.197. The van der Waals surface area contributed by atoms with Gasteiger partial charge in [0.2, 0.25) is 17.7 Å². The Morgan fingerprint density at radius 3 is 2.54 bits per heavy atom. The number of likely N-dealkylation sites (tertiary alicyclic amines) is 1. The molecule has 6 atom stereocenters. The molecule has 3 amide bonds. The summed E-state index contributed by atoms with van der Waals surface area (Å²) in [6, 6.07) is 8.66. The monoisotopic (exact) mass is 545 g/mol. The molecule has 1 N–H and O–H groups in total. The number of aliphatic hydroxyl groups excluding tert-OH is 1. The summed E-state index contributed by atoms with van der Waals surface area (Å²) in [5, 5.41) is 9.77. The van der Waals surface area contributed by atoms with E-state index in [-0.39, 0.29) is 42.2 Å². The number of rotatable bonds is 10. The fourth-order valence-electron chi connectivity index (χ4n) is 5.94. The normalized spacial score (nSPS) is 30.8. The first-order valence-corrected chi connectivity index (χ1v) is 12.7. The topological polar surface area (TPSA) is 90.4 Å². The van der Waals surface area contributed by atoms with Gasteiger partial charge in [-0.1, -0.05) is 58.4 Å². The Bertz CT molecular complexity index is 1000. The Morgan fingerprint density at radius 1 is 1.23 bits per heavy atom. The van der Waals surface area contributed by atoms with E-state index in [1.54, 1.807) is 24.1 Å². The molecule has 8 nitrogen and oxygen atoms in total. The van der Waals surface area contributed by atoms with Crippen molar-refractivity contribution in [1.29, 1.82) is 0 Å². The van der Waals surface area contributed by atoms with Crippen molar-refractivity contribution in [2.75, 3.05) is 33.3 Å². The van der Waals surface area contributed by atoms with E-state index < -0.39 is 29.6 Å². The number of hydrogen-bond donors (Lipinski definition) is 1. The maximum Gasteiger partial charge on any atom is 0.248 e. The first-order chi connectivity index (χ1) is 16.8. The van der Waals surface area contributed by atoms with E-state index in [9.17, 15) is 19.5 Å². The highest BCUT2D eigenvalue weighted by atomic mass is 79.9. The van der Waals surface area contributed by atoms with Gasteiger partial charge in [-0.15, -0.1) is 13.2 Å². The first-order valence-electron chi connectivity index (χ1n) is 11.8. The summed E-state index contributed by atoms with van der Waals surface area (Å²) in [6.07, 6.45) is 3.19. The van der Waals surface area contributed by atoms with E-state index in [0.717, 1.165) is 5.56 Å². The number of benzene rings is 1. The number of ether oxygens (including phenoxy) is 1. The molecular formula is C26H32BrN3O5. The van der Waals surface area contributed by atoms with Gasteiger partial charge >= 0.3 is 0 Å². The number of β-amino-alcohol motifs (C(OH)–C–C–N with tert-alkyl or cyclic N) is 1. The van der Waals surface area contributed by atoms with E-state index in [0.29, 0.717) is 19.5 Å². The molecule has 9 heteroatoms. The van der Waals surface area contributed by atoms with Crippen molar-refractivity contribution >= 4 is 33.7 Å². The molecular weight excluding hydrogens is 514 g/mol. The number of carbonyl (C=O) groups excluding carboxylic acids is 3. The van der Waals surface area contributed by atoms with E-state index in [4.69, 9.17) is 4.74 Å². The standard InChI is InChI=1S/C26H32BrN3O5/c1-4-11-28(3)23(32)19-20-24(33)30(13-14-31)22(26(20)15-18(27)21(19)35-26)25(34)29(12-5-2)16-17-9-7-6-8-10-17/h4-10,18-22,31H,1-2,11-16H2,3H3/t18?,19-,20-,21-,22?,26?/m0/s1. The lowest BCUT2D eigenvalue weighted by molar-refractivity contribution is -0.149. The van der Waals surface area contributed by atoms with Crippen LogP contribution >= 0.6 is 15.9 Å². The number of likely N-dealkylation sites (N-methyl/N-ethyl adjacent to an activating group) is 1. The van der Waals surface area contributed by atoms with Crippen LogP contribution in [-0.2, 0) is 25.7 Å². The van der Waals surface area contributed by atoms with Crippen LogP contribution in [0, 0.1) is 11.8 Å². The molecule has 3 aliphatic heterocycles. The Kier molecular flexibility index (Phi) is 7.49. The smallest absolute Gasteiger partial charge is 0.248 e. The Hall–Kier alpha value is -2.49. The van der Waals surface area contributed by atoms with Crippen LogP contribution in [-0.4, -0.2) is 93.4 Å². The molecule has 3 unspecified atom stereocenters. The molecule has 3 heterocycles. The second kappa shape index (κ2) is 10.2. The predicted molar refractivity (Wildman–Crippen MR) is 134 cm³/mol. The van der Waals surface area contributed by atoms with Crippen LogP contribution in [0.1, 0.15) is 12.0 Å². The van der Waals surface area contributed by atoms with Crippen molar-refractivity contribution in [3.63, 3.8) is 0 Å². The van der Waals surface area contributed by atoms with Crippen molar-refractivity contribution in [2.45, 2.75) is 35.5 Å². The number of hydrogen-bond acceptors (Lipinski definition) is 5. The van der Waals surface area contributed by atoms with E-state index in [1.165, 1.54) is 9.80 Å². The van der Waals surface area contributed by atoms with Crippen molar-refractivity contribution in [3.8, 4) is 0 Å². The van der Waals surface area contributed by atoms with E-state index >= 15 is 0 Å². The lowest BCUT2D eigenvalue weighted by Gasteiger charge is -2.37. The van der Waals surface area contributed by atoms with Gasteiger partial charge in [0.15, 0.2) is 0 Å². The highest BCUT2D eigenvalue weighted by Gasteiger charge is 2.76. The number of amides is 3. The maximum absolute atomic E-state index is 14.1. The van der Waals surface area contributed by atoms with Crippen molar-refractivity contribution < 1.29 is 24.2 Å². The van der Waals surface area contributed by atoms with Gasteiger partial charge < -0.3 is 24.5 Å². The molecule has 4 rings (SSSR count). The summed E-state index contributed by atoms with van der Waals surface area (Å²) < 4.78 is 6.48. The van der Waals surface area contributed by atoms with Crippen LogP contribution < -0.4 is 0 Å². The molecule has 0 saturated carbocycles. The van der Waals surface area contributed by atoms with Gasteiger partial charge in [-0.05, 0) is 12.0 Å². The van der Waals surface area contributed by atoms with Gasteiger partial charge in [-0.3, -0.25) is 14.4 Å². The van der Waals surface area contributed by atoms with Crippen LogP contribution in [0.2, 0.25) is 0 Å². The Morgan fingerprint density at radius 2 is 1.91 bits per heavy atom. The van der Waals surface area contributed by atoms with Crippen LogP contribution in [0.25, 0.3) is 0 Å². The molecule has 1 aromatic rings. The second-order valence-corrected chi connectivity index (χ2v) is 10.6. The molecule has 0 radical (unpaired) electrons. The van der Waals surface area contributed by atoms with Gasteiger partial charge in [0.1, 0.15) is 11.6 Å². The molecule has 0 aliphatic carbocycles. The molecule has 0 aromatic heterocycles. The highest BCUT2D eigenvalue weighted by Crippen LogP contribution is 2.60. The zero-order valence-corrected chi connectivity index (χ0v) is 21.5. The summed E-state index contributed by atoms with van der Waals surface area (Å²) in [4.78, 5) is 45.7. The number of alkyl halides is 1. The zero-order chi connectivity index (χ0) is 25.3. The molecule has 2 bridgehead atoms. The number of carbonyl (C=O) groups is 3. The minimum absolute atomic E-state index is 0.00879. The van der Waals surface area contributed by atoms with Crippen LogP contribution in [0.5, 0.6) is 0 Å². The number of nitrogens with zero attached hydrogens (tertiary/aromatic N) is 3. The number of aliphatic hydroxyl groups is 1. The largest absolute Gasteiger partial charge is 0.395 e. The van der Waals surface area contributed by atoms with Crippen LogP contribution in [0.4, 0.5) is 0 Å². The maximum atomic E-state index is 14.1. The lowest BCUT2D eigenvalue weighted by atomic mass is 9.70. The Labute approximate surface area is 214 Å². The van der Waals surface area contributed by atoms with Crippen molar-refractivity contribution in [2.24, 2.45) is 11.8 Å². The fourth-order valence-corrected chi connectivity index (χ4v) is 6.89. The predicted octanol–water partition coefficient (Wildman–Crippen LogP) is 1.59. The molecule has 1 aromatic carbocycles. The minimum Gasteiger partial charge on any atom is -0.395 e. The van der Waals surface area contributed by atoms with Gasteiger partial charge in [-0.25, -0.2) is 0 Å². The fraction of sp³-hybridized carbons (Fsp3) is 0.500. The molecule has 35 heavy (non-hydrogen) atoms. The third-order valence-electron chi connectivity index (χ3n) is 7.31. The summed E-state index contributed by atoms with van der Waals surface area (Å²) in [6.45, 7) is 8.18. The highest BCUT2D eigenvalue weighted by molar-refractivity contribution is 9.09. The first kappa shape index (κ1) is 25.6. The number of fused-ring (bicyclic) bond motifs is 1. The van der Waals surface area contributed by atoms with E-state index in [1.807, 2.05) is 30.3 Å². The third-order valence-corrected chi connectivity index (χ3v) is 8.15. The molecule has 3 fully saturated rings. The van der Waals surface area contributed by atoms with Gasteiger partial charge in [-0.2, -0.15) is 0 Å². The summed E-state index contributed by atoms with van der Waals surface area (Å²) >= 11 is 3.66. The van der Waals surface area contributed by atoms with E-state index in [2.05, 4.69) is 29.1 Å². The van der Waals surface area contributed by atoms with Gasteiger partial charge in [0.05, 0.1) is 24.5 Å². The number of halogens is 1. The molecule has 188 valence electrons. The molecule has 3 aliphatic rings. The van der Waals surface area contributed by atoms with Crippen molar-refractivity contribution in [3.05, 3.63) is 61.2 Å². The Balaban J connectivity index is 1.73. The summed E-state index contributed by atoms with van der Waals surface area (Å²) in [5.74, 6) is -2.30. The van der Waals surface area contributed by atoms with Crippen LogP contribution in [0.15, 0.2) is 55.6 Å². The van der Waals surface area contributed by atoms with Crippen LogP contribution in [0.3, 0.4) is 0 Å². The quantitative estimate of drug-likeness (QED) is 0.356. The second-order valence-electron chi connectivity index (χ2n) is 9.42. The third kappa shape index (κ3) is 4.23. The van der Waals surface area contributed by atoms with Gasteiger partial charge in [0.25, 0.3) is 0 Å². The SMILES string of the molecule is C=CCN(C)C(=O)[C@H]1[C@H]2C(=O)N(CCO)C(C(=O)N(CC=C)Cc3ccccc3)C23CC(Br)[C@@H]1O3. The molecule has 1 spiro atoms.